The van der Waals surface area contributed by atoms with Crippen LogP contribution in [0.5, 0.6) is 0 Å². The van der Waals surface area contributed by atoms with Crippen LogP contribution in [0.2, 0.25) is 0 Å². The van der Waals surface area contributed by atoms with Crippen molar-refractivity contribution in [1.29, 1.82) is 0 Å². The van der Waals surface area contributed by atoms with Crippen LogP contribution >= 0.6 is 0 Å². The van der Waals surface area contributed by atoms with Gasteiger partial charge in [0.05, 0.1) is 12.1 Å². The van der Waals surface area contributed by atoms with Gasteiger partial charge in [0.2, 0.25) is 17.7 Å². The lowest BCUT2D eigenvalue weighted by Crippen LogP contribution is -2.55. The molecule has 0 saturated carbocycles. The number of carbonyl (C=O) groups is 4. The normalized spacial score (nSPS) is 18.3. The molecule has 5 N–H and O–H groups in total. The van der Waals surface area contributed by atoms with Gasteiger partial charge in [0.1, 0.15) is 24.4 Å². The Kier molecular flexibility index (Phi) is 10.1. The number of aliphatic hydroxyl groups excluding tert-OH is 2. The highest BCUT2D eigenvalue weighted by Crippen LogP contribution is 2.24. The zero-order valence-electron chi connectivity index (χ0n) is 19.6. The Morgan fingerprint density at radius 1 is 1.29 bits per heavy atom. The van der Waals surface area contributed by atoms with Crippen molar-refractivity contribution in [3.63, 3.8) is 0 Å². The number of aliphatic hydroxyl groups is 2. The van der Waals surface area contributed by atoms with Crippen LogP contribution in [0.25, 0.3) is 0 Å². The molecule has 1 aliphatic heterocycles. The first-order chi connectivity index (χ1) is 16.1. The van der Waals surface area contributed by atoms with Gasteiger partial charge in [-0.3, -0.25) is 19.7 Å². The average Bonchev–Trinajstić information content (AvgIpc) is 3.26. The molecule has 188 valence electrons. The molecule has 1 fully saturated rings. The lowest BCUT2D eigenvalue weighted by atomic mass is 10.0. The summed E-state index contributed by atoms with van der Waals surface area (Å²) in [6.07, 6.45) is 0.0962. The van der Waals surface area contributed by atoms with Crippen LogP contribution in [0.1, 0.15) is 51.8 Å². The summed E-state index contributed by atoms with van der Waals surface area (Å²) < 4.78 is 14.5. The smallest absolute Gasteiger partial charge is 0.243 e. The van der Waals surface area contributed by atoms with Crippen molar-refractivity contribution in [2.45, 2.75) is 64.4 Å². The largest absolute Gasteiger partial charge is 0.396 e. The summed E-state index contributed by atoms with van der Waals surface area (Å²) in [6, 6.07) is 1.27. The number of anilines is 1. The Labute approximate surface area is 197 Å². The van der Waals surface area contributed by atoms with E-state index in [1.165, 1.54) is 24.0 Å². The highest BCUT2D eigenvalue weighted by atomic mass is 19.1. The molecule has 10 nitrogen and oxygen atoms in total. The second-order valence-corrected chi connectivity index (χ2v) is 8.66. The number of likely N-dealkylation sites (tertiary alicyclic amines) is 1. The molecule has 4 atom stereocenters. The second-order valence-electron chi connectivity index (χ2n) is 8.66. The summed E-state index contributed by atoms with van der Waals surface area (Å²) in [5.74, 6) is -2.34. The maximum absolute atomic E-state index is 14.5. The molecule has 1 heterocycles. The first-order valence-electron chi connectivity index (χ1n) is 11.3. The Morgan fingerprint density at radius 2 is 2.00 bits per heavy atom. The number of nitrogens with one attached hydrogen (secondary N) is 3. The summed E-state index contributed by atoms with van der Waals surface area (Å²) in [6.45, 7) is 4.86. The minimum Gasteiger partial charge on any atom is -0.396 e. The quantitative estimate of drug-likeness (QED) is 0.228. The molecule has 34 heavy (non-hydrogen) atoms. The average molecular weight is 481 g/mol. The van der Waals surface area contributed by atoms with Crippen LogP contribution in [0.3, 0.4) is 0 Å². The molecule has 1 aliphatic rings. The second kappa shape index (κ2) is 12.5. The number of amides is 3. The van der Waals surface area contributed by atoms with Crippen LogP contribution in [0.15, 0.2) is 18.2 Å². The number of hydrogen-bond acceptors (Lipinski definition) is 7. The first-order valence-corrected chi connectivity index (χ1v) is 11.3. The molecule has 0 spiro atoms. The van der Waals surface area contributed by atoms with Gasteiger partial charge in [-0.05, 0) is 37.3 Å². The summed E-state index contributed by atoms with van der Waals surface area (Å²) in [5.41, 5.74) is 0.138. The molecular weight excluding hydrogens is 447 g/mol. The molecule has 1 unspecified atom stereocenters. The third kappa shape index (κ3) is 7.05. The van der Waals surface area contributed by atoms with Crippen molar-refractivity contribution >= 4 is 29.7 Å². The number of hydrogen-bond donors (Lipinski definition) is 5. The van der Waals surface area contributed by atoms with Gasteiger partial charge in [-0.25, -0.2) is 4.39 Å². The van der Waals surface area contributed by atoms with E-state index < -0.39 is 42.0 Å². The van der Waals surface area contributed by atoms with E-state index in [4.69, 9.17) is 5.11 Å². The Balaban J connectivity index is 2.14. The van der Waals surface area contributed by atoms with Crippen LogP contribution in [0, 0.1) is 11.7 Å². The minimum absolute atomic E-state index is 0.0740. The fourth-order valence-electron chi connectivity index (χ4n) is 3.91. The lowest BCUT2D eigenvalue weighted by Gasteiger charge is -2.32. The van der Waals surface area contributed by atoms with Gasteiger partial charge >= 0.3 is 0 Å². The fraction of sp³-hybridized carbons (Fsp3) is 0.565. The van der Waals surface area contributed by atoms with Crippen molar-refractivity contribution in [1.82, 2.24) is 15.5 Å². The van der Waals surface area contributed by atoms with E-state index >= 15 is 0 Å². The van der Waals surface area contributed by atoms with Crippen molar-refractivity contribution in [3.8, 4) is 0 Å². The van der Waals surface area contributed by atoms with E-state index in [1.807, 2.05) is 0 Å². The van der Waals surface area contributed by atoms with Gasteiger partial charge in [-0.2, -0.15) is 0 Å². The maximum atomic E-state index is 14.5. The Bertz CT molecular complexity index is 896. The molecule has 0 aliphatic carbocycles. The monoisotopic (exact) mass is 480 g/mol. The van der Waals surface area contributed by atoms with E-state index in [1.54, 1.807) is 13.8 Å². The number of halogens is 1. The molecule has 1 aromatic carbocycles. The van der Waals surface area contributed by atoms with Gasteiger partial charge in [0.15, 0.2) is 0 Å². The Hall–Kier alpha value is -2.89. The number of aldehydes is 1. The molecule has 0 radical (unpaired) electrons. The van der Waals surface area contributed by atoms with Crippen LogP contribution in [-0.2, 0) is 19.2 Å². The number of carbonyl (C=O) groups excluding carboxylic acids is 4. The molecule has 11 heteroatoms. The van der Waals surface area contributed by atoms with Crippen LogP contribution < -0.4 is 16.0 Å². The predicted octanol–water partition coefficient (Wildman–Crippen LogP) is 0.446. The molecule has 1 aromatic rings. The minimum atomic E-state index is -1.51. The van der Waals surface area contributed by atoms with Crippen molar-refractivity contribution in [2.24, 2.45) is 5.92 Å². The zero-order valence-corrected chi connectivity index (χ0v) is 19.6. The summed E-state index contributed by atoms with van der Waals surface area (Å²) in [7, 11) is 0. The van der Waals surface area contributed by atoms with E-state index in [-0.39, 0.29) is 36.1 Å². The first kappa shape index (κ1) is 27.4. The molecule has 0 bridgehead atoms. The number of nitrogens with zero attached hydrogens (tertiary/aromatic N) is 1. The topological polar surface area (TPSA) is 148 Å². The van der Waals surface area contributed by atoms with Crippen molar-refractivity contribution < 1.29 is 33.8 Å². The van der Waals surface area contributed by atoms with Gasteiger partial charge in [-0.15, -0.1) is 0 Å². The van der Waals surface area contributed by atoms with Gasteiger partial charge in [-0.1, -0.05) is 19.9 Å². The van der Waals surface area contributed by atoms with Gasteiger partial charge in [0.25, 0.3) is 0 Å². The molecule has 2 rings (SSSR count). The lowest BCUT2D eigenvalue weighted by molar-refractivity contribution is -0.142. The fourth-order valence-corrected chi connectivity index (χ4v) is 3.91. The standard InChI is InChI=1S/C23H33FN4O6/c1-13(2)20(27-21(32)17-7-6-15(11-18(17)24)25-14(3)31)23(34)28-9-4-5-19(28)22(33)26-16(12-30)8-10-29/h6-7,11-13,16,19-21,27,29,32H,4-5,8-10H2,1-3H3,(H,25,31)(H,26,33)/t16-,19-,20-,21?/m0/s1. The predicted molar refractivity (Wildman–Crippen MR) is 122 cm³/mol. The molecular formula is C23H33FN4O6. The Morgan fingerprint density at radius 3 is 2.56 bits per heavy atom. The van der Waals surface area contributed by atoms with Crippen LogP contribution in [0.4, 0.5) is 10.1 Å². The van der Waals surface area contributed by atoms with E-state index in [2.05, 4.69) is 16.0 Å². The summed E-state index contributed by atoms with van der Waals surface area (Å²) >= 11 is 0. The van der Waals surface area contributed by atoms with Gasteiger partial charge < -0.3 is 30.5 Å². The van der Waals surface area contributed by atoms with E-state index in [0.717, 1.165) is 6.07 Å². The summed E-state index contributed by atoms with van der Waals surface area (Å²) in [4.78, 5) is 49.7. The third-order valence-corrected chi connectivity index (χ3v) is 5.66. The van der Waals surface area contributed by atoms with E-state index in [9.17, 15) is 28.7 Å². The molecule has 1 saturated heterocycles. The SMILES string of the molecule is CC(=O)Nc1ccc(C(O)N[C@H](C(=O)N2CCC[C@H]2C(=O)N[C@H](C=O)CCO)C(C)C)c(F)c1. The molecule has 0 aromatic heterocycles. The van der Waals surface area contributed by atoms with E-state index in [0.29, 0.717) is 25.7 Å². The van der Waals surface area contributed by atoms with Gasteiger partial charge in [0, 0.05) is 31.3 Å². The molecule has 3 amide bonds. The van der Waals surface area contributed by atoms with Crippen LogP contribution in [-0.4, -0.2) is 70.4 Å². The highest BCUT2D eigenvalue weighted by Gasteiger charge is 2.39. The number of benzene rings is 1. The summed E-state index contributed by atoms with van der Waals surface area (Å²) in [5, 5.41) is 27.4. The van der Waals surface area contributed by atoms with Crippen molar-refractivity contribution in [3.05, 3.63) is 29.6 Å². The highest BCUT2D eigenvalue weighted by molar-refractivity contribution is 5.91. The number of rotatable bonds is 11. The third-order valence-electron chi connectivity index (χ3n) is 5.66. The zero-order chi connectivity index (χ0) is 25.4. The van der Waals surface area contributed by atoms with Crippen molar-refractivity contribution in [2.75, 3.05) is 18.5 Å². The maximum Gasteiger partial charge on any atom is 0.243 e.